The van der Waals surface area contributed by atoms with Crippen molar-refractivity contribution >= 4 is 35.1 Å². The van der Waals surface area contributed by atoms with E-state index in [0.29, 0.717) is 22.5 Å². The first-order chi connectivity index (χ1) is 15.1. The molecule has 0 atom stereocenters. The molecule has 4 aromatic rings. The number of benzene rings is 2. The van der Waals surface area contributed by atoms with Gasteiger partial charge in [-0.25, -0.2) is 4.68 Å². The third kappa shape index (κ3) is 5.65. The molecule has 0 fully saturated rings. The summed E-state index contributed by atoms with van der Waals surface area (Å²) < 4.78 is 12.8. The van der Waals surface area contributed by atoms with E-state index in [1.165, 1.54) is 0 Å². The number of para-hydroxylation sites is 1. The zero-order valence-corrected chi connectivity index (χ0v) is 18.1. The van der Waals surface area contributed by atoms with Gasteiger partial charge in [0.25, 0.3) is 11.1 Å². The second-order valence-electron chi connectivity index (χ2n) is 6.46. The van der Waals surface area contributed by atoms with E-state index in [9.17, 15) is 4.79 Å². The van der Waals surface area contributed by atoms with Gasteiger partial charge >= 0.3 is 0 Å². The molecule has 0 radical (unpaired) electrons. The number of aryl methyl sites for hydroxylation is 1. The fraction of sp³-hybridized carbons (Fsp3) is 0.143. The number of carbonyl (C=O) groups excluding carboxylic acids is 1. The number of amides is 1. The van der Waals surface area contributed by atoms with Gasteiger partial charge in [0.2, 0.25) is 5.91 Å². The van der Waals surface area contributed by atoms with Crippen LogP contribution in [0.2, 0.25) is 5.02 Å². The van der Waals surface area contributed by atoms with Crippen LogP contribution in [-0.2, 0) is 11.4 Å². The SMILES string of the molecule is Cc1cc(NC(=O)CSc2nnc(COc3ccc(Cl)cc3)o2)n(-c2ccccc2)n1. The molecule has 0 saturated heterocycles. The first-order valence-electron chi connectivity index (χ1n) is 9.32. The first-order valence-corrected chi connectivity index (χ1v) is 10.7. The highest BCUT2D eigenvalue weighted by Crippen LogP contribution is 2.21. The lowest BCUT2D eigenvalue weighted by Gasteiger charge is -2.08. The maximum Gasteiger partial charge on any atom is 0.277 e. The minimum Gasteiger partial charge on any atom is -0.484 e. The molecule has 10 heteroatoms. The highest BCUT2D eigenvalue weighted by atomic mass is 35.5. The molecular formula is C21H18ClN5O3S. The summed E-state index contributed by atoms with van der Waals surface area (Å²) >= 11 is 6.99. The molecule has 2 heterocycles. The van der Waals surface area contributed by atoms with Gasteiger partial charge in [0.05, 0.1) is 17.1 Å². The van der Waals surface area contributed by atoms with Crippen LogP contribution in [0, 0.1) is 6.92 Å². The van der Waals surface area contributed by atoms with Gasteiger partial charge in [-0.15, -0.1) is 10.2 Å². The number of rotatable bonds is 8. The molecule has 0 aliphatic carbocycles. The molecule has 4 rings (SSSR count). The van der Waals surface area contributed by atoms with Gasteiger partial charge < -0.3 is 14.5 Å². The summed E-state index contributed by atoms with van der Waals surface area (Å²) in [6.45, 7) is 1.99. The van der Waals surface area contributed by atoms with Crippen LogP contribution >= 0.6 is 23.4 Å². The smallest absolute Gasteiger partial charge is 0.277 e. The molecule has 1 amide bonds. The number of nitrogens with zero attached hydrogens (tertiary/aromatic N) is 4. The number of ether oxygens (including phenoxy) is 1. The van der Waals surface area contributed by atoms with Gasteiger partial charge in [-0.3, -0.25) is 4.79 Å². The van der Waals surface area contributed by atoms with Gasteiger partial charge in [-0.2, -0.15) is 5.10 Å². The van der Waals surface area contributed by atoms with E-state index in [2.05, 4.69) is 20.6 Å². The van der Waals surface area contributed by atoms with E-state index in [1.807, 2.05) is 43.3 Å². The van der Waals surface area contributed by atoms with Crippen LogP contribution in [0.1, 0.15) is 11.6 Å². The van der Waals surface area contributed by atoms with Gasteiger partial charge in [0.1, 0.15) is 11.6 Å². The zero-order chi connectivity index (χ0) is 21.6. The second kappa shape index (κ2) is 9.67. The summed E-state index contributed by atoms with van der Waals surface area (Å²) in [5, 5.41) is 16.1. The fourth-order valence-electron chi connectivity index (χ4n) is 2.69. The van der Waals surface area contributed by atoms with Crippen LogP contribution in [0.25, 0.3) is 5.69 Å². The highest BCUT2D eigenvalue weighted by molar-refractivity contribution is 7.99. The van der Waals surface area contributed by atoms with Crippen LogP contribution in [-0.4, -0.2) is 31.6 Å². The number of hydrogen-bond acceptors (Lipinski definition) is 7. The summed E-state index contributed by atoms with van der Waals surface area (Å²) in [6, 6.07) is 18.4. The third-order valence-electron chi connectivity index (χ3n) is 4.05. The van der Waals surface area contributed by atoms with Crippen LogP contribution in [0.5, 0.6) is 5.75 Å². The molecule has 1 N–H and O–H groups in total. The molecule has 0 unspecified atom stereocenters. The number of carbonyl (C=O) groups is 1. The van der Waals surface area contributed by atoms with Gasteiger partial charge in [0, 0.05) is 11.1 Å². The van der Waals surface area contributed by atoms with Crippen LogP contribution in [0.4, 0.5) is 5.82 Å². The van der Waals surface area contributed by atoms with E-state index in [1.54, 1.807) is 28.9 Å². The average Bonchev–Trinajstić information content (AvgIpc) is 3.38. The summed E-state index contributed by atoms with van der Waals surface area (Å²) in [6.07, 6.45) is 0. The standard InChI is InChI=1S/C21H18ClN5O3S/c1-14-11-18(27(26-14)16-5-3-2-4-6-16)23-19(28)13-31-21-25-24-20(30-21)12-29-17-9-7-15(22)8-10-17/h2-11H,12-13H2,1H3,(H,23,28). The van der Waals surface area contributed by atoms with Crippen molar-refractivity contribution < 1.29 is 13.9 Å². The van der Waals surface area contributed by atoms with Crippen molar-refractivity contribution in [1.29, 1.82) is 0 Å². The molecule has 0 aliphatic rings. The summed E-state index contributed by atoms with van der Waals surface area (Å²) in [5.74, 6) is 1.45. The maximum absolute atomic E-state index is 12.4. The lowest BCUT2D eigenvalue weighted by atomic mass is 10.3. The van der Waals surface area contributed by atoms with E-state index < -0.39 is 0 Å². The Labute approximate surface area is 187 Å². The van der Waals surface area contributed by atoms with E-state index in [4.69, 9.17) is 20.8 Å². The molecule has 0 spiro atoms. The first kappa shape index (κ1) is 21.0. The average molecular weight is 456 g/mol. The number of hydrogen-bond donors (Lipinski definition) is 1. The van der Waals surface area contributed by atoms with Crippen molar-refractivity contribution in [3.8, 4) is 11.4 Å². The fourth-order valence-corrected chi connectivity index (χ4v) is 3.40. The molecule has 0 aliphatic heterocycles. The Hall–Kier alpha value is -3.30. The van der Waals surface area contributed by atoms with Crippen molar-refractivity contribution in [3.63, 3.8) is 0 Å². The van der Waals surface area contributed by atoms with Crippen LogP contribution < -0.4 is 10.1 Å². The monoisotopic (exact) mass is 455 g/mol. The van der Waals surface area contributed by atoms with Crippen molar-refractivity contribution in [2.75, 3.05) is 11.1 Å². The normalized spacial score (nSPS) is 10.8. The summed E-state index contributed by atoms with van der Waals surface area (Å²) in [7, 11) is 0. The van der Waals surface area contributed by atoms with E-state index in [0.717, 1.165) is 23.1 Å². The Balaban J connectivity index is 1.30. The maximum atomic E-state index is 12.4. The molecule has 158 valence electrons. The van der Waals surface area contributed by atoms with E-state index in [-0.39, 0.29) is 23.5 Å². The van der Waals surface area contributed by atoms with Crippen LogP contribution in [0.3, 0.4) is 0 Å². The Bertz CT molecular complexity index is 1160. The number of nitrogens with one attached hydrogen (secondary N) is 1. The third-order valence-corrected chi connectivity index (χ3v) is 5.12. The Morgan fingerprint density at radius 3 is 2.71 bits per heavy atom. The minimum atomic E-state index is -0.209. The minimum absolute atomic E-state index is 0.110. The molecule has 2 aromatic carbocycles. The Morgan fingerprint density at radius 2 is 1.94 bits per heavy atom. The number of aromatic nitrogens is 4. The number of thioether (sulfide) groups is 1. The van der Waals surface area contributed by atoms with Crippen molar-refractivity contribution in [1.82, 2.24) is 20.0 Å². The highest BCUT2D eigenvalue weighted by Gasteiger charge is 2.14. The molecule has 0 bridgehead atoms. The van der Waals surface area contributed by atoms with Crippen molar-refractivity contribution in [3.05, 3.63) is 77.3 Å². The lowest BCUT2D eigenvalue weighted by molar-refractivity contribution is -0.113. The Kier molecular flexibility index (Phi) is 6.54. The topological polar surface area (TPSA) is 95.1 Å². The lowest BCUT2D eigenvalue weighted by Crippen LogP contribution is -2.16. The van der Waals surface area contributed by atoms with Crippen molar-refractivity contribution in [2.24, 2.45) is 0 Å². The van der Waals surface area contributed by atoms with Crippen molar-refractivity contribution in [2.45, 2.75) is 18.8 Å². The predicted molar refractivity (Wildman–Crippen MR) is 118 cm³/mol. The predicted octanol–water partition coefficient (Wildman–Crippen LogP) is 4.53. The zero-order valence-electron chi connectivity index (χ0n) is 16.5. The van der Waals surface area contributed by atoms with Gasteiger partial charge in [-0.05, 0) is 43.3 Å². The number of halogens is 1. The van der Waals surface area contributed by atoms with Gasteiger partial charge in [-0.1, -0.05) is 41.6 Å². The second-order valence-corrected chi connectivity index (χ2v) is 7.82. The molecule has 31 heavy (non-hydrogen) atoms. The molecular weight excluding hydrogens is 438 g/mol. The Morgan fingerprint density at radius 1 is 1.16 bits per heavy atom. The summed E-state index contributed by atoms with van der Waals surface area (Å²) in [5.41, 5.74) is 1.66. The largest absolute Gasteiger partial charge is 0.484 e. The summed E-state index contributed by atoms with van der Waals surface area (Å²) in [4.78, 5) is 12.4. The quantitative estimate of drug-likeness (QED) is 0.390. The molecule has 0 saturated carbocycles. The van der Waals surface area contributed by atoms with Crippen LogP contribution in [0.15, 0.2) is 70.3 Å². The van der Waals surface area contributed by atoms with E-state index >= 15 is 0 Å². The molecule has 8 nitrogen and oxygen atoms in total. The molecule has 2 aromatic heterocycles. The number of anilines is 1. The van der Waals surface area contributed by atoms with Gasteiger partial charge in [0.15, 0.2) is 6.61 Å².